The summed E-state index contributed by atoms with van der Waals surface area (Å²) < 4.78 is 25.9. The molecule has 1 N–H and O–H groups in total. The zero-order valence-electron chi connectivity index (χ0n) is 16.7. The Hall–Kier alpha value is -2.34. The van der Waals surface area contributed by atoms with Gasteiger partial charge < -0.3 is 5.32 Å². The van der Waals surface area contributed by atoms with E-state index < -0.39 is 10.0 Å². The number of nitrogens with one attached hydrogen (secondary N) is 1. The van der Waals surface area contributed by atoms with Crippen LogP contribution in [0.15, 0.2) is 42.5 Å². The molecule has 3 rings (SSSR count). The first-order valence-corrected chi connectivity index (χ1v) is 11.4. The lowest BCUT2D eigenvalue weighted by Gasteiger charge is -2.28. The maximum Gasteiger partial charge on any atom is 0.251 e. The minimum absolute atomic E-state index is 0.0612. The van der Waals surface area contributed by atoms with Gasteiger partial charge in [0.25, 0.3) is 5.91 Å². The third kappa shape index (κ3) is 4.38. The second-order valence-electron chi connectivity index (χ2n) is 7.42. The minimum atomic E-state index is -3.24. The van der Waals surface area contributed by atoms with Crippen molar-refractivity contribution in [3.8, 4) is 0 Å². The number of amides is 1. The molecule has 1 fully saturated rings. The third-order valence-corrected chi connectivity index (χ3v) is 7.28. The van der Waals surface area contributed by atoms with Crippen LogP contribution < -0.4 is 9.62 Å². The van der Waals surface area contributed by atoms with E-state index in [0.29, 0.717) is 24.2 Å². The average Bonchev–Trinajstić information content (AvgIpc) is 2.68. The van der Waals surface area contributed by atoms with Gasteiger partial charge in [-0.15, -0.1) is 0 Å². The van der Waals surface area contributed by atoms with E-state index in [2.05, 4.69) is 37.4 Å². The lowest BCUT2D eigenvalue weighted by molar-refractivity contribution is 0.0935. The van der Waals surface area contributed by atoms with Crippen LogP contribution in [0.2, 0.25) is 0 Å². The number of nitrogens with zero attached hydrogens (tertiary/aromatic N) is 1. The molecule has 1 atom stereocenters. The summed E-state index contributed by atoms with van der Waals surface area (Å²) in [6.45, 7) is 6.69. The topological polar surface area (TPSA) is 66.5 Å². The van der Waals surface area contributed by atoms with Gasteiger partial charge in [-0.2, -0.15) is 0 Å². The molecule has 0 bridgehead atoms. The fraction of sp³-hybridized carbons (Fsp3) is 0.409. The Morgan fingerprint density at radius 1 is 1.07 bits per heavy atom. The van der Waals surface area contributed by atoms with Gasteiger partial charge in [-0.1, -0.05) is 25.1 Å². The van der Waals surface area contributed by atoms with Crippen molar-refractivity contribution in [3.63, 3.8) is 0 Å². The first-order valence-electron chi connectivity index (χ1n) is 9.80. The van der Waals surface area contributed by atoms with Crippen LogP contribution in [0.5, 0.6) is 0 Å². The fourth-order valence-corrected chi connectivity index (χ4v) is 5.14. The van der Waals surface area contributed by atoms with Crippen LogP contribution in [-0.2, 0) is 10.0 Å². The molecule has 28 heavy (non-hydrogen) atoms. The number of benzene rings is 2. The van der Waals surface area contributed by atoms with Crippen molar-refractivity contribution in [2.24, 2.45) is 0 Å². The molecule has 150 valence electrons. The summed E-state index contributed by atoms with van der Waals surface area (Å²) in [7, 11) is -3.24. The lowest BCUT2D eigenvalue weighted by atomic mass is 9.99. The molecular weight excluding hydrogens is 372 g/mol. The van der Waals surface area contributed by atoms with Crippen LogP contribution in [-0.4, -0.2) is 26.6 Å². The minimum Gasteiger partial charge on any atom is -0.345 e. The van der Waals surface area contributed by atoms with Gasteiger partial charge in [0.1, 0.15) is 0 Å². The van der Waals surface area contributed by atoms with Crippen molar-refractivity contribution in [1.29, 1.82) is 0 Å². The van der Waals surface area contributed by atoms with Crippen molar-refractivity contribution >= 4 is 21.6 Å². The molecule has 1 aliphatic heterocycles. The van der Waals surface area contributed by atoms with Gasteiger partial charge in [0, 0.05) is 12.1 Å². The molecule has 0 radical (unpaired) electrons. The zero-order valence-corrected chi connectivity index (χ0v) is 17.6. The van der Waals surface area contributed by atoms with Crippen LogP contribution in [0.1, 0.15) is 59.3 Å². The van der Waals surface area contributed by atoms with E-state index >= 15 is 0 Å². The molecule has 1 aliphatic rings. The summed E-state index contributed by atoms with van der Waals surface area (Å²) in [5.74, 6) is 0.0294. The highest BCUT2D eigenvalue weighted by Gasteiger charge is 2.26. The summed E-state index contributed by atoms with van der Waals surface area (Å²) in [6.07, 6.45) is 2.35. The number of anilines is 1. The second kappa shape index (κ2) is 8.35. The summed E-state index contributed by atoms with van der Waals surface area (Å²) in [5, 5.41) is 3.09. The van der Waals surface area contributed by atoms with Crippen molar-refractivity contribution in [1.82, 2.24) is 5.32 Å². The Kier molecular flexibility index (Phi) is 6.08. The Bertz CT molecular complexity index is 952. The molecule has 0 unspecified atom stereocenters. The Labute approximate surface area is 167 Å². The first-order chi connectivity index (χ1) is 13.3. The van der Waals surface area contributed by atoms with Gasteiger partial charge in [0.05, 0.1) is 17.5 Å². The highest BCUT2D eigenvalue weighted by molar-refractivity contribution is 7.92. The largest absolute Gasteiger partial charge is 0.345 e. The maximum absolute atomic E-state index is 12.7. The summed E-state index contributed by atoms with van der Waals surface area (Å²) in [5.41, 5.74) is 4.68. The summed E-state index contributed by atoms with van der Waals surface area (Å²) in [6, 6.07) is 13.0. The Morgan fingerprint density at radius 2 is 1.79 bits per heavy atom. The van der Waals surface area contributed by atoms with E-state index in [1.54, 1.807) is 24.3 Å². The monoisotopic (exact) mass is 400 g/mol. The second-order valence-corrected chi connectivity index (χ2v) is 9.43. The molecule has 2 aromatic carbocycles. The smallest absolute Gasteiger partial charge is 0.251 e. The molecule has 1 heterocycles. The summed E-state index contributed by atoms with van der Waals surface area (Å²) in [4.78, 5) is 12.7. The predicted molar refractivity (Wildman–Crippen MR) is 113 cm³/mol. The van der Waals surface area contributed by atoms with E-state index in [1.165, 1.54) is 15.4 Å². The summed E-state index contributed by atoms with van der Waals surface area (Å²) >= 11 is 0. The zero-order chi connectivity index (χ0) is 20.3. The van der Waals surface area contributed by atoms with E-state index in [4.69, 9.17) is 0 Å². The molecular formula is C22H28N2O3S. The molecule has 5 nitrogen and oxygen atoms in total. The average molecular weight is 401 g/mol. The van der Waals surface area contributed by atoms with Crippen LogP contribution >= 0.6 is 0 Å². The predicted octanol–water partition coefficient (Wildman–Crippen LogP) is 4.11. The van der Waals surface area contributed by atoms with E-state index in [-0.39, 0.29) is 17.7 Å². The quantitative estimate of drug-likeness (QED) is 0.821. The number of rotatable bonds is 5. The lowest BCUT2D eigenvalue weighted by Crippen LogP contribution is -2.37. The van der Waals surface area contributed by atoms with Crippen LogP contribution in [0, 0.1) is 13.8 Å². The van der Waals surface area contributed by atoms with Gasteiger partial charge in [-0.05, 0) is 74.1 Å². The van der Waals surface area contributed by atoms with Crippen molar-refractivity contribution in [2.45, 2.75) is 46.1 Å². The molecule has 0 saturated carbocycles. The van der Waals surface area contributed by atoms with Crippen LogP contribution in [0.25, 0.3) is 0 Å². The molecule has 2 aromatic rings. The number of carbonyl (C=O) groups is 1. The fourth-order valence-electron chi connectivity index (χ4n) is 3.50. The maximum atomic E-state index is 12.7. The van der Waals surface area contributed by atoms with Gasteiger partial charge >= 0.3 is 0 Å². The van der Waals surface area contributed by atoms with Gasteiger partial charge in [-0.25, -0.2) is 8.42 Å². The molecule has 0 spiro atoms. The number of hydrogen-bond donors (Lipinski definition) is 1. The number of hydrogen-bond acceptors (Lipinski definition) is 3. The molecule has 6 heteroatoms. The highest BCUT2D eigenvalue weighted by Crippen LogP contribution is 2.24. The Morgan fingerprint density at radius 3 is 2.39 bits per heavy atom. The van der Waals surface area contributed by atoms with E-state index in [9.17, 15) is 13.2 Å². The first kappa shape index (κ1) is 20.4. The molecule has 0 aliphatic carbocycles. The van der Waals surface area contributed by atoms with Gasteiger partial charge in [0.2, 0.25) is 10.0 Å². The molecule has 1 saturated heterocycles. The SMILES string of the molecule is CC[C@H](NC(=O)c1ccc(N2CCCCS2(=O)=O)cc1)c1ccc(C)c(C)c1. The standard InChI is InChI=1S/C22H28N2O3S/c1-4-21(19-8-7-16(2)17(3)15-19)23-22(25)18-9-11-20(12-10-18)24-13-5-6-14-28(24,26)27/h7-12,15,21H,4-6,13-14H2,1-3H3,(H,23,25)/t21-/m0/s1. The normalized spacial score (nSPS) is 17.2. The number of aryl methyl sites for hydroxylation is 2. The number of carbonyl (C=O) groups excluding carboxylic acids is 1. The molecule has 1 amide bonds. The van der Waals surface area contributed by atoms with Gasteiger partial charge in [0.15, 0.2) is 0 Å². The van der Waals surface area contributed by atoms with Crippen LogP contribution in [0.4, 0.5) is 5.69 Å². The van der Waals surface area contributed by atoms with E-state index in [0.717, 1.165) is 18.4 Å². The van der Waals surface area contributed by atoms with Crippen molar-refractivity contribution < 1.29 is 13.2 Å². The highest BCUT2D eigenvalue weighted by atomic mass is 32.2. The van der Waals surface area contributed by atoms with Crippen molar-refractivity contribution in [2.75, 3.05) is 16.6 Å². The van der Waals surface area contributed by atoms with Gasteiger partial charge in [-0.3, -0.25) is 9.10 Å². The van der Waals surface area contributed by atoms with Crippen molar-refractivity contribution in [3.05, 3.63) is 64.7 Å². The van der Waals surface area contributed by atoms with Crippen LogP contribution in [0.3, 0.4) is 0 Å². The molecule has 0 aromatic heterocycles. The number of sulfonamides is 1. The van der Waals surface area contributed by atoms with E-state index in [1.807, 2.05) is 6.92 Å². The third-order valence-electron chi connectivity index (χ3n) is 5.41. The Balaban J connectivity index is 1.74.